The van der Waals surface area contributed by atoms with Crippen LogP contribution in [0.3, 0.4) is 0 Å². The molecule has 0 aromatic carbocycles. The summed E-state index contributed by atoms with van der Waals surface area (Å²) in [6.07, 6.45) is 2.32. The summed E-state index contributed by atoms with van der Waals surface area (Å²) in [5, 5.41) is 13.2. The largest absolute Gasteiger partial charge is 0.465 e. The van der Waals surface area contributed by atoms with Crippen molar-refractivity contribution in [1.82, 2.24) is 9.78 Å². The fourth-order valence-electron chi connectivity index (χ4n) is 1.39. The first-order valence-corrected chi connectivity index (χ1v) is 4.83. The van der Waals surface area contributed by atoms with E-state index in [1.165, 1.54) is 13.3 Å². The van der Waals surface area contributed by atoms with Crippen LogP contribution in [0.4, 0.5) is 0 Å². The fourth-order valence-corrected chi connectivity index (χ4v) is 1.39. The molecule has 0 amide bonds. The van der Waals surface area contributed by atoms with Gasteiger partial charge >= 0.3 is 5.97 Å². The van der Waals surface area contributed by atoms with E-state index in [1.807, 2.05) is 0 Å². The van der Waals surface area contributed by atoms with Crippen molar-refractivity contribution in [2.75, 3.05) is 7.11 Å². The van der Waals surface area contributed by atoms with Gasteiger partial charge in [-0.25, -0.2) is 4.79 Å². The molecule has 84 valence electrons. The van der Waals surface area contributed by atoms with Gasteiger partial charge in [0, 0.05) is 7.05 Å². The van der Waals surface area contributed by atoms with Crippen molar-refractivity contribution < 1.29 is 14.6 Å². The van der Waals surface area contributed by atoms with Crippen LogP contribution < -0.4 is 0 Å². The Kier molecular flexibility index (Phi) is 3.85. The van der Waals surface area contributed by atoms with Gasteiger partial charge in [-0.05, 0) is 19.8 Å². The fraction of sp³-hybridized carbons (Fsp3) is 0.600. The van der Waals surface area contributed by atoms with Gasteiger partial charge in [0.25, 0.3) is 0 Å². The number of ether oxygens (including phenoxy) is 1. The van der Waals surface area contributed by atoms with E-state index in [4.69, 9.17) is 0 Å². The van der Waals surface area contributed by atoms with Gasteiger partial charge in [-0.3, -0.25) is 4.68 Å². The van der Waals surface area contributed by atoms with Crippen molar-refractivity contribution >= 4 is 5.97 Å². The van der Waals surface area contributed by atoms with Gasteiger partial charge in [0.1, 0.15) is 5.56 Å². The molecule has 1 rings (SSSR count). The molecule has 1 heterocycles. The zero-order chi connectivity index (χ0) is 11.4. The lowest BCUT2D eigenvalue weighted by molar-refractivity contribution is 0.0598. The number of carbonyl (C=O) groups is 1. The van der Waals surface area contributed by atoms with Crippen molar-refractivity contribution in [2.45, 2.75) is 25.9 Å². The standard InChI is InChI=1S/C10H16N2O3/c1-7(13)4-5-9-8(10(14)15-3)6-11-12(9)2/h6-7,13H,4-5H2,1-3H3. The van der Waals surface area contributed by atoms with Gasteiger partial charge in [-0.1, -0.05) is 0 Å². The Balaban J connectivity index is 2.84. The molecule has 0 aliphatic heterocycles. The summed E-state index contributed by atoms with van der Waals surface area (Å²) in [5.74, 6) is -0.385. The average Bonchev–Trinajstić information content (AvgIpc) is 2.55. The number of aromatic nitrogens is 2. The molecule has 0 bridgehead atoms. The molecule has 0 fully saturated rings. The minimum absolute atomic E-state index is 0.384. The number of methoxy groups -OCH3 is 1. The molecule has 1 unspecified atom stereocenters. The molecule has 5 heteroatoms. The Hall–Kier alpha value is -1.36. The molecule has 0 aliphatic carbocycles. The van der Waals surface area contributed by atoms with E-state index in [-0.39, 0.29) is 12.1 Å². The highest BCUT2D eigenvalue weighted by Gasteiger charge is 2.16. The van der Waals surface area contributed by atoms with Crippen molar-refractivity contribution in [2.24, 2.45) is 7.05 Å². The third-order valence-corrected chi connectivity index (χ3v) is 2.27. The number of aliphatic hydroxyl groups excluding tert-OH is 1. The lowest BCUT2D eigenvalue weighted by atomic mass is 10.1. The summed E-state index contributed by atoms with van der Waals surface area (Å²) >= 11 is 0. The average molecular weight is 212 g/mol. The molecule has 15 heavy (non-hydrogen) atoms. The van der Waals surface area contributed by atoms with Gasteiger partial charge < -0.3 is 9.84 Å². The Morgan fingerprint density at radius 2 is 2.40 bits per heavy atom. The van der Waals surface area contributed by atoms with E-state index in [0.29, 0.717) is 18.4 Å². The molecule has 5 nitrogen and oxygen atoms in total. The monoisotopic (exact) mass is 212 g/mol. The number of nitrogens with zero attached hydrogens (tertiary/aromatic N) is 2. The van der Waals surface area contributed by atoms with Crippen LogP contribution in [-0.2, 0) is 18.2 Å². The quantitative estimate of drug-likeness (QED) is 0.739. The zero-order valence-electron chi connectivity index (χ0n) is 9.23. The number of esters is 1. The minimum Gasteiger partial charge on any atom is -0.465 e. The molecular weight excluding hydrogens is 196 g/mol. The van der Waals surface area contributed by atoms with E-state index in [2.05, 4.69) is 9.84 Å². The molecule has 0 aliphatic rings. The Labute approximate surface area is 88.7 Å². The second-order valence-corrected chi connectivity index (χ2v) is 3.51. The molecular formula is C10H16N2O3. The third-order valence-electron chi connectivity index (χ3n) is 2.27. The van der Waals surface area contributed by atoms with E-state index in [1.54, 1.807) is 18.7 Å². The summed E-state index contributed by atoms with van der Waals surface area (Å²) < 4.78 is 6.28. The topological polar surface area (TPSA) is 64.3 Å². The lowest BCUT2D eigenvalue weighted by Gasteiger charge is -2.06. The smallest absolute Gasteiger partial charge is 0.341 e. The molecule has 1 atom stereocenters. The molecule has 1 aromatic heterocycles. The molecule has 0 saturated heterocycles. The van der Waals surface area contributed by atoms with Gasteiger partial charge in [-0.15, -0.1) is 0 Å². The predicted octanol–water partition coefficient (Wildman–Crippen LogP) is 0.520. The summed E-state index contributed by atoms with van der Waals surface area (Å²) in [6.45, 7) is 1.72. The summed E-state index contributed by atoms with van der Waals surface area (Å²) in [6, 6.07) is 0. The zero-order valence-corrected chi connectivity index (χ0v) is 9.23. The van der Waals surface area contributed by atoms with E-state index < -0.39 is 0 Å². The number of hydrogen-bond donors (Lipinski definition) is 1. The number of aliphatic hydroxyl groups is 1. The summed E-state index contributed by atoms with van der Waals surface area (Å²) in [4.78, 5) is 11.4. The molecule has 0 spiro atoms. The number of aryl methyl sites for hydroxylation is 1. The van der Waals surface area contributed by atoms with Crippen molar-refractivity contribution in [3.63, 3.8) is 0 Å². The third kappa shape index (κ3) is 2.79. The normalized spacial score (nSPS) is 12.5. The lowest BCUT2D eigenvalue weighted by Crippen LogP contribution is -2.10. The molecule has 0 saturated carbocycles. The van der Waals surface area contributed by atoms with Gasteiger partial charge in [0.05, 0.1) is 25.1 Å². The highest BCUT2D eigenvalue weighted by molar-refractivity contribution is 5.90. The van der Waals surface area contributed by atoms with Crippen molar-refractivity contribution in [3.8, 4) is 0 Å². The number of hydrogen-bond acceptors (Lipinski definition) is 4. The van der Waals surface area contributed by atoms with Crippen molar-refractivity contribution in [1.29, 1.82) is 0 Å². The maximum Gasteiger partial charge on any atom is 0.341 e. The van der Waals surface area contributed by atoms with E-state index in [0.717, 1.165) is 5.69 Å². The van der Waals surface area contributed by atoms with Gasteiger partial charge in [0.15, 0.2) is 0 Å². The van der Waals surface area contributed by atoms with Crippen LogP contribution in [0.1, 0.15) is 29.4 Å². The Morgan fingerprint density at radius 3 is 2.93 bits per heavy atom. The van der Waals surface area contributed by atoms with Gasteiger partial charge in [-0.2, -0.15) is 5.10 Å². The SMILES string of the molecule is COC(=O)c1cnn(C)c1CCC(C)O. The Morgan fingerprint density at radius 1 is 1.73 bits per heavy atom. The second kappa shape index (κ2) is 4.93. The molecule has 1 N–H and O–H groups in total. The summed E-state index contributed by atoms with van der Waals surface area (Å²) in [5.41, 5.74) is 1.27. The minimum atomic E-state index is -0.385. The van der Waals surface area contributed by atoms with Crippen LogP contribution in [0, 0.1) is 0 Å². The maximum atomic E-state index is 11.4. The first-order chi connectivity index (χ1) is 7.06. The highest BCUT2D eigenvalue weighted by atomic mass is 16.5. The summed E-state index contributed by atoms with van der Waals surface area (Å²) in [7, 11) is 3.11. The molecule has 1 aromatic rings. The second-order valence-electron chi connectivity index (χ2n) is 3.51. The number of rotatable bonds is 4. The number of carbonyl (C=O) groups excluding carboxylic acids is 1. The Bertz CT molecular complexity index is 344. The van der Waals surface area contributed by atoms with Gasteiger partial charge in [0.2, 0.25) is 0 Å². The van der Waals surface area contributed by atoms with Crippen LogP contribution in [-0.4, -0.2) is 34.1 Å². The first kappa shape index (κ1) is 11.7. The van der Waals surface area contributed by atoms with Crippen LogP contribution in [0.15, 0.2) is 6.20 Å². The van der Waals surface area contributed by atoms with Crippen LogP contribution in [0.25, 0.3) is 0 Å². The van der Waals surface area contributed by atoms with Crippen molar-refractivity contribution in [3.05, 3.63) is 17.5 Å². The van der Waals surface area contributed by atoms with Crippen LogP contribution >= 0.6 is 0 Å². The first-order valence-electron chi connectivity index (χ1n) is 4.83. The van der Waals surface area contributed by atoms with E-state index in [9.17, 15) is 9.90 Å². The van der Waals surface area contributed by atoms with Crippen LogP contribution in [0.2, 0.25) is 0 Å². The highest BCUT2D eigenvalue weighted by Crippen LogP contribution is 2.12. The van der Waals surface area contributed by atoms with Crippen LogP contribution in [0.5, 0.6) is 0 Å². The maximum absolute atomic E-state index is 11.4. The molecule has 0 radical (unpaired) electrons. The predicted molar refractivity (Wildman–Crippen MR) is 54.5 cm³/mol. The van der Waals surface area contributed by atoms with E-state index >= 15 is 0 Å².